The highest BCUT2D eigenvalue weighted by Gasteiger charge is 2.19. The van der Waals surface area contributed by atoms with Gasteiger partial charge < -0.3 is 10.5 Å². The van der Waals surface area contributed by atoms with E-state index in [1.165, 1.54) is 0 Å². The molecule has 1 unspecified atom stereocenters. The van der Waals surface area contributed by atoms with Crippen LogP contribution in [0.25, 0.3) is 0 Å². The molecular weight excluding hydrogens is 279 g/mol. The van der Waals surface area contributed by atoms with Gasteiger partial charge in [0.15, 0.2) is 17.5 Å². The van der Waals surface area contributed by atoms with Crippen molar-refractivity contribution in [3.05, 3.63) is 65.0 Å². The molecule has 2 aromatic rings. The Bertz CT molecular complexity index is 626. The summed E-state index contributed by atoms with van der Waals surface area (Å²) < 4.78 is 45.4. The Kier molecular flexibility index (Phi) is 4.53. The summed E-state index contributed by atoms with van der Waals surface area (Å²) in [6.45, 7) is 3.80. The van der Waals surface area contributed by atoms with Crippen molar-refractivity contribution in [3.8, 4) is 5.75 Å². The van der Waals surface area contributed by atoms with Crippen molar-refractivity contribution < 1.29 is 17.9 Å². The zero-order valence-electron chi connectivity index (χ0n) is 11.7. The van der Waals surface area contributed by atoms with Crippen molar-refractivity contribution in [2.45, 2.75) is 26.0 Å². The van der Waals surface area contributed by atoms with Crippen LogP contribution in [0.3, 0.4) is 0 Å². The summed E-state index contributed by atoms with van der Waals surface area (Å²) >= 11 is 0. The molecule has 0 aliphatic rings. The number of nitrogens with two attached hydrogens (primary N) is 1. The van der Waals surface area contributed by atoms with Crippen LogP contribution in [0.4, 0.5) is 13.2 Å². The van der Waals surface area contributed by atoms with Crippen molar-refractivity contribution in [2.24, 2.45) is 5.73 Å². The van der Waals surface area contributed by atoms with E-state index in [0.717, 1.165) is 12.1 Å². The van der Waals surface area contributed by atoms with E-state index < -0.39 is 23.5 Å². The lowest BCUT2D eigenvalue weighted by Crippen LogP contribution is -2.15. The van der Waals surface area contributed by atoms with Gasteiger partial charge in [0.25, 0.3) is 0 Å². The number of benzene rings is 2. The quantitative estimate of drug-likeness (QED) is 0.867. The predicted molar refractivity (Wildman–Crippen MR) is 74.6 cm³/mol. The summed E-state index contributed by atoms with van der Waals surface area (Å²) in [4.78, 5) is 0. The third-order valence-corrected chi connectivity index (χ3v) is 3.01. The van der Waals surface area contributed by atoms with Gasteiger partial charge in [-0.3, -0.25) is 0 Å². The smallest absolute Gasteiger partial charge is 0.194 e. The lowest BCUT2D eigenvalue weighted by Gasteiger charge is -2.15. The minimum absolute atomic E-state index is 0.0353. The zero-order valence-corrected chi connectivity index (χ0v) is 11.7. The van der Waals surface area contributed by atoms with Crippen molar-refractivity contribution in [3.63, 3.8) is 0 Å². The lowest BCUT2D eigenvalue weighted by molar-refractivity contribution is 0.242. The molecule has 0 aliphatic heterocycles. The molecule has 1 atom stereocenters. The highest BCUT2D eigenvalue weighted by atomic mass is 19.2. The van der Waals surface area contributed by atoms with Crippen LogP contribution in [0.1, 0.15) is 31.0 Å². The van der Waals surface area contributed by atoms with Crippen LogP contribution < -0.4 is 10.5 Å². The molecule has 0 aliphatic carbocycles. The molecule has 2 nitrogen and oxygen atoms in total. The molecule has 0 saturated heterocycles. The third-order valence-electron chi connectivity index (χ3n) is 3.01. The van der Waals surface area contributed by atoms with Gasteiger partial charge in [0.2, 0.25) is 0 Å². The van der Waals surface area contributed by atoms with Gasteiger partial charge in [-0.1, -0.05) is 18.2 Å². The first-order valence-corrected chi connectivity index (χ1v) is 6.55. The standard InChI is InChI=1S/C16H16F3NO/c1-9(2)21-11-5-3-10(4-6-11)16(20)12-7-8-13(17)15(19)14(12)18/h3-9,16H,20H2,1-2H3. The van der Waals surface area contributed by atoms with Crippen molar-refractivity contribution in [1.82, 2.24) is 0 Å². The third kappa shape index (κ3) is 3.36. The SMILES string of the molecule is CC(C)Oc1ccc(C(N)c2ccc(F)c(F)c2F)cc1. The molecule has 5 heteroatoms. The Labute approximate surface area is 121 Å². The topological polar surface area (TPSA) is 35.2 Å². The Hall–Kier alpha value is -2.01. The second-order valence-corrected chi connectivity index (χ2v) is 4.98. The van der Waals surface area contributed by atoms with Crippen LogP contribution in [0, 0.1) is 17.5 Å². The molecule has 2 N–H and O–H groups in total. The van der Waals surface area contributed by atoms with Crippen LogP contribution >= 0.6 is 0 Å². The number of hydrogen-bond acceptors (Lipinski definition) is 2. The fraction of sp³-hybridized carbons (Fsp3) is 0.250. The van der Waals surface area contributed by atoms with Crippen LogP contribution in [0.5, 0.6) is 5.75 Å². The molecular formula is C16H16F3NO. The summed E-state index contributed by atoms with van der Waals surface area (Å²) in [6, 6.07) is 7.88. The fourth-order valence-electron chi connectivity index (χ4n) is 1.99. The number of rotatable bonds is 4. The molecule has 0 radical (unpaired) electrons. The molecule has 0 fully saturated rings. The molecule has 0 amide bonds. The van der Waals surface area contributed by atoms with Gasteiger partial charge in [-0.2, -0.15) is 0 Å². The second kappa shape index (κ2) is 6.18. The van der Waals surface area contributed by atoms with Gasteiger partial charge in [-0.05, 0) is 37.6 Å². The van der Waals surface area contributed by atoms with Crippen molar-refractivity contribution in [1.29, 1.82) is 0 Å². The first-order chi connectivity index (χ1) is 9.90. The normalized spacial score (nSPS) is 12.5. The molecule has 0 heterocycles. The maximum Gasteiger partial charge on any atom is 0.194 e. The minimum Gasteiger partial charge on any atom is -0.491 e. The summed E-state index contributed by atoms with van der Waals surface area (Å²) in [5, 5.41) is 0. The van der Waals surface area contributed by atoms with E-state index in [2.05, 4.69) is 0 Å². The average molecular weight is 295 g/mol. The number of ether oxygens (including phenoxy) is 1. The molecule has 2 rings (SSSR count). The summed E-state index contributed by atoms with van der Waals surface area (Å²) in [5.41, 5.74) is 6.41. The minimum atomic E-state index is -1.51. The molecule has 112 valence electrons. The number of halogens is 3. The van der Waals surface area contributed by atoms with Gasteiger partial charge in [0.05, 0.1) is 12.1 Å². The van der Waals surface area contributed by atoms with Gasteiger partial charge in [-0.25, -0.2) is 13.2 Å². The van der Waals surface area contributed by atoms with Crippen LogP contribution in [-0.4, -0.2) is 6.10 Å². The van der Waals surface area contributed by atoms with Gasteiger partial charge >= 0.3 is 0 Å². The van der Waals surface area contributed by atoms with E-state index in [-0.39, 0.29) is 11.7 Å². The monoisotopic (exact) mass is 295 g/mol. The van der Waals surface area contributed by atoms with Crippen LogP contribution in [-0.2, 0) is 0 Å². The largest absolute Gasteiger partial charge is 0.491 e. The van der Waals surface area contributed by atoms with Crippen molar-refractivity contribution in [2.75, 3.05) is 0 Å². The van der Waals surface area contributed by atoms with Gasteiger partial charge in [0.1, 0.15) is 5.75 Å². The van der Waals surface area contributed by atoms with E-state index in [4.69, 9.17) is 10.5 Å². The van der Waals surface area contributed by atoms with Gasteiger partial charge in [-0.15, -0.1) is 0 Å². The Morgan fingerprint density at radius 1 is 0.905 bits per heavy atom. The molecule has 2 aromatic carbocycles. The van der Waals surface area contributed by atoms with Crippen molar-refractivity contribution >= 4 is 0 Å². The number of hydrogen-bond donors (Lipinski definition) is 1. The van der Waals surface area contributed by atoms with E-state index >= 15 is 0 Å². The van der Waals surface area contributed by atoms with Crippen LogP contribution in [0.2, 0.25) is 0 Å². The van der Waals surface area contributed by atoms with Crippen LogP contribution in [0.15, 0.2) is 36.4 Å². The Morgan fingerprint density at radius 2 is 1.52 bits per heavy atom. The van der Waals surface area contributed by atoms with Gasteiger partial charge in [0, 0.05) is 5.56 Å². The molecule has 0 spiro atoms. The van der Waals surface area contributed by atoms with E-state index in [1.54, 1.807) is 24.3 Å². The van der Waals surface area contributed by atoms with E-state index in [1.807, 2.05) is 13.8 Å². The highest BCUT2D eigenvalue weighted by Crippen LogP contribution is 2.26. The first kappa shape index (κ1) is 15.4. The molecule has 0 saturated carbocycles. The molecule has 0 aromatic heterocycles. The summed E-state index contributed by atoms with van der Waals surface area (Å²) in [6.07, 6.45) is 0.0353. The Balaban J connectivity index is 2.28. The molecule has 0 bridgehead atoms. The fourth-order valence-corrected chi connectivity index (χ4v) is 1.99. The first-order valence-electron chi connectivity index (χ1n) is 6.55. The molecule has 21 heavy (non-hydrogen) atoms. The maximum atomic E-state index is 13.7. The Morgan fingerprint density at radius 3 is 2.10 bits per heavy atom. The van der Waals surface area contributed by atoms with E-state index in [9.17, 15) is 13.2 Å². The average Bonchev–Trinajstić information content (AvgIpc) is 2.44. The van der Waals surface area contributed by atoms with E-state index in [0.29, 0.717) is 11.3 Å². The predicted octanol–water partition coefficient (Wildman–Crippen LogP) is 3.94. The summed E-state index contributed by atoms with van der Waals surface area (Å²) in [7, 11) is 0. The summed E-state index contributed by atoms with van der Waals surface area (Å²) in [5.74, 6) is -3.34. The highest BCUT2D eigenvalue weighted by molar-refractivity contribution is 5.36. The lowest BCUT2D eigenvalue weighted by atomic mass is 9.99. The maximum absolute atomic E-state index is 13.7. The second-order valence-electron chi connectivity index (χ2n) is 4.98. The zero-order chi connectivity index (χ0) is 15.6.